The quantitative estimate of drug-likeness (QED) is 0.527. The van der Waals surface area contributed by atoms with Gasteiger partial charge in [-0.3, -0.25) is 4.79 Å². The molecule has 0 aliphatic rings. The molecule has 0 aromatic heterocycles. The van der Waals surface area contributed by atoms with Gasteiger partial charge in [0.1, 0.15) is 0 Å². The summed E-state index contributed by atoms with van der Waals surface area (Å²) in [5.74, 6) is -0.0694. The van der Waals surface area contributed by atoms with Crippen molar-refractivity contribution in [3.05, 3.63) is 95.1 Å². The van der Waals surface area contributed by atoms with Gasteiger partial charge in [-0.25, -0.2) is 13.1 Å². The summed E-state index contributed by atoms with van der Waals surface area (Å²) < 4.78 is 28.1. The number of aryl methyl sites for hydroxylation is 3. The fraction of sp³-hybridized carbons (Fsp3) is 0.240. The highest BCUT2D eigenvalue weighted by molar-refractivity contribution is 7.89. The van der Waals surface area contributed by atoms with E-state index in [1.54, 1.807) is 24.3 Å². The van der Waals surface area contributed by atoms with Crippen LogP contribution < -0.4 is 10.0 Å². The summed E-state index contributed by atoms with van der Waals surface area (Å²) in [6.07, 6.45) is 0.854. The first-order valence-electron chi connectivity index (χ1n) is 10.3. The van der Waals surface area contributed by atoms with Crippen LogP contribution in [0.15, 0.2) is 77.7 Å². The van der Waals surface area contributed by atoms with Crippen LogP contribution in [0.25, 0.3) is 0 Å². The van der Waals surface area contributed by atoms with E-state index >= 15 is 0 Å². The maximum absolute atomic E-state index is 12.7. The molecule has 0 bridgehead atoms. The Balaban J connectivity index is 1.57. The number of sulfonamides is 1. The van der Waals surface area contributed by atoms with E-state index in [1.165, 1.54) is 0 Å². The number of carbonyl (C=O) groups is 1. The van der Waals surface area contributed by atoms with E-state index in [0.29, 0.717) is 12.8 Å². The second-order valence-electron chi connectivity index (χ2n) is 7.82. The van der Waals surface area contributed by atoms with Gasteiger partial charge in [0, 0.05) is 18.2 Å². The van der Waals surface area contributed by atoms with Crippen molar-refractivity contribution in [2.24, 2.45) is 0 Å². The van der Waals surface area contributed by atoms with E-state index in [2.05, 4.69) is 16.1 Å². The lowest BCUT2D eigenvalue weighted by Gasteiger charge is -2.15. The SMILES string of the molecule is Cc1cc(C)cc(NC(=O)CCc2ccc(S(=O)(=O)N[C@H](C)c3ccccc3)cc2)c1. The number of rotatable bonds is 8. The summed E-state index contributed by atoms with van der Waals surface area (Å²) in [5.41, 5.74) is 4.80. The summed E-state index contributed by atoms with van der Waals surface area (Å²) >= 11 is 0. The van der Waals surface area contributed by atoms with Crippen molar-refractivity contribution in [1.29, 1.82) is 0 Å². The third-order valence-corrected chi connectivity index (χ3v) is 6.57. The molecule has 0 saturated carbocycles. The monoisotopic (exact) mass is 436 g/mol. The van der Waals surface area contributed by atoms with Crippen LogP contribution in [0.5, 0.6) is 0 Å². The number of amides is 1. The topological polar surface area (TPSA) is 75.3 Å². The van der Waals surface area contributed by atoms with Crippen molar-refractivity contribution in [2.75, 3.05) is 5.32 Å². The highest BCUT2D eigenvalue weighted by atomic mass is 32.2. The number of hydrogen-bond acceptors (Lipinski definition) is 3. The first kappa shape index (κ1) is 22.7. The molecule has 0 fully saturated rings. The number of anilines is 1. The molecule has 5 nitrogen and oxygen atoms in total. The van der Waals surface area contributed by atoms with Gasteiger partial charge in [0.05, 0.1) is 4.90 Å². The Labute approximate surface area is 184 Å². The van der Waals surface area contributed by atoms with E-state index in [9.17, 15) is 13.2 Å². The average molecular weight is 437 g/mol. The van der Waals surface area contributed by atoms with Gasteiger partial charge in [0.15, 0.2) is 0 Å². The van der Waals surface area contributed by atoms with E-state index in [1.807, 2.05) is 63.2 Å². The zero-order valence-electron chi connectivity index (χ0n) is 18.1. The zero-order chi connectivity index (χ0) is 22.4. The summed E-state index contributed by atoms with van der Waals surface area (Å²) in [6.45, 7) is 5.80. The molecule has 1 amide bonds. The van der Waals surface area contributed by atoms with Gasteiger partial charge in [0.2, 0.25) is 15.9 Å². The number of benzene rings is 3. The van der Waals surface area contributed by atoms with Gasteiger partial charge in [-0.1, -0.05) is 48.5 Å². The average Bonchev–Trinajstić information content (AvgIpc) is 2.72. The fourth-order valence-corrected chi connectivity index (χ4v) is 4.71. The Morgan fingerprint density at radius 3 is 2.13 bits per heavy atom. The molecule has 0 spiro atoms. The Hall–Kier alpha value is -2.96. The Morgan fingerprint density at radius 1 is 0.903 bits per heavy atom. The summed E-state index contributed by atoms with van der Waals surface area (Å²) in [7, 11) is -3.63. The summed E-state index contributed by atoms with van der Waals surface area (Å²) in [5, 5.41) is 2.92. The summed E-state index contributed by atoms with van der Waals surface area (Å²) in [4.78, 5) is 12.5. The lowest BCUT2D eigenvalue weighted by atomic mass is 10.1. The first-order valence-corrected chi connectivity index (χ1v) is 11.8. The predicted octanol–water partition coefficient (Wildman–Crippen LogP) is 4.91. The van der Waals surface area contributed by atoms with E-state index < -0.39 is 10.0 Å². The second-order valence-corrected chi connectivity index (χ2v) is 9.54. The first-order chi connectivity index (χ1) is 14.7. The minimum absolute atomic E-state index is 0.0694. The van der Waals surface area contributed by atoms with Gasteiger partial charge in [-0.05, 0) is 73.7 Å². The standard InChI is InChI=1S/C25H28N2O3S/c1-18-15-19(2)17-23(16-18)26-25(28)14-11-21-9-12-24(13-10-21)31(29,30)27-20(3)22-7-5-4-6-8-22/h4-10,12-13,15-17,20,27H,11,14H2,1-3H3,(H,26,28)/t20-/m1/s1. The fourth-order valence-electron chi connectivity index (χ4n) is 3.47. The van der Waals surface area contributed by atoms with Crippen LogP contribution in [-0.2, 0) is 21.2 Å². The molecule has 31 heavy (non-hydrogen) atoms. The van der Waals surface area contributed by atoms with Gasteiger partial charge >= 0.3 is 0 Å². The summed E-state index contributed by atoms with van der Waals surface area (Å²) in [6, 6.07) is 21.7. The molecule has 3 aromatic rings. The van der Waals surface area contributed by atoms with E-state index in [4.69, 9.17) is 0 Å². The molecule has 3 aromatic carbocycles. The normalized spacial score (nSPS) is 12.4. The molecule has 0 aliphatic heterocycles. The lowest BCUT2D eigenvalue weighted by molar-refractivity contribution is -0.116. The Bertz CT molecular complexity index is 1120. The number of hydrogen-bond donors (Lipinski definition) is 2. The van der Waals surface area contributed by atoms with Crippen LogP contribution in [0, 0.1) is 13.8 Å². The van der Waals surface area contributed by atoms with Crippen LogP contribution >= 0.6 is 0 Å². The molecule has 0 aliphatic carbocycles. The van der Waals surface area contributed by atoms with Crippen LogP contribution in [0.4, 0.5) is 5.69 Å². The molecule has 162 valence electrons. The van der Waals surface area contributed by atoms with Gasteiger partial charge in [0.25, 0.3) is 0 Å². The lowest BCUT2D eigenvalue weighted by Crippen LogP contribution is -2.26. The van der Waals surface area contributed by atoms with Crippen molar-refractivity contribution in [3.8, 4) is 0 Å². The Kier molecular flexibility index (Phi) is 7.25. The second kappa shape index (κ2) is 9.90. The minimum atomic E-state index is -3.63. The van der Waals surface area contributed by atoms with Crippen LogP contribution in [0.3, 0.4) is 0 Å². The van der Waals surface area contributed by atoms with Crippen molar-refractivity contribution in [2.45, 2.75) is 44.6 Å². The smallest absolute Gasteiger partial charge is 0.241 e. The third kappa shape index (κ3) is 6.51. The molecule has 6 heteroatoms. The van der Waals surface area contributed by atoms with Crippen LogP contribution in [0.2, 0.25) is 0 Å². The molecule has 0 unspecified atom stereocenters. The van der Waals surface area contributed by atoms with Crippen molar-refractivity contribution in [1.82, 2.24) is 4.72 Å². The number of carbonyl (C=O) groups excluding carboxylic acids is 1. The highest BCUT2D eigenvalue weighted by Gasteiger charge is 2.18. The Morgan fingerprint density at radius 2 is 1.52 bits per heavy atom. The molecule has 2 N–H and O–H groups in total. The van der Waals surface area contributed by atoms with Crippen LogP contribution in [-0.4, -0.2) is 14.3 Å². The highest BCUT2D eigenvalue weighted by Crippen LogP contribution is 2.18. The van der Waals surface area contributed by atoms with E-state index in [-0.39, 0.29) is 16.8 Å². The van der Waals surface area contributed by atoms with E-state index in [0.717, 1.165) is 27.9 Å². The molecular formula is C25H28N2O3S. The van der Waals surface area contributed by atoms with Crippen LogP contribution in [0.1, 0.15) is 41.6 Å². The van der Waals surface area contributed by atoms with Crippen molar-refractivity contribution in [3.63, 3.8) is 0 Å². The third-order valence-electron chi connectivity index (χ3n) is 5.01. The van der Waals surface area contributed by atoms with Crippen molar-refractivity contribution < 1.29 is 13.2 Å². The minimum Gasteiger partial charge on any atom is -0.326 e. The molecule has 0 radical (unpaired) electrons. The van der Waals surface area contributed by atoms with Gasteiger partial charge in [-0.15, -0.1) is 0 Å². The molecule has 0 heterocycles. The molecule has 3 rings (SSSR count). The maximum atomic E-state index is 12.7. The molecule has 0 saturated heterocycles. The number of nitrogens with one attached hydrogen (secondary N) is 2. The van der Waals surface area contributed by atoms with Gasteiger partial charge < -0.3 is 5.32 Å². The molecular weight excluding hydrogens is 408 g/mol. The molecule has 1 atom stereocenters. The largest absolute Gasteiger partial charge is 0.326 e. The van der Waals surface area contributed by atoms with Gasteiger partial charge in [-0.2, -0.15) is 0 Å². The zero-order valence-corrected chi connectivity index (χ0v) is 18.9. The van der Waals surface area contributed by atoms with Crippen molar-refractivity contribution >= 4 is 21.6 Å². The maximum Gasteiger partial charge on any atom is 0.241 e. The predicted molar refractivity (Wildman–Crippen MR) is 124 cm³/mol.